The Labute approximate surface area is 127 Å². The minimum absolute atomic E-state index is 0.132. The van der Waals surface area contributed by atoms with E-state index in [0.29, 0.717) is 0 Å². The van der Waals surface area contributed by atoms with Gasteiger partial charge < -0.3 is 30.6 Å². The molecular weight excluding hydrogens is 300 g/mol. The van der Waals surface area contributed by atoms with Crippen molar-refractivity contribution in [1.82, 2.24) is 9.80 Å². The third-order valence-electron chi connectivity index (χ3n) is 3.14. The van der Waals surface area contributed by atoms with Crippen LogP contribution in [0.5, 0.6) is 0 Å². The number of carboxylic acid groups (broad SMARTS) is 2. The van der Waals surface area contributed by atoms with Crippen molar-refractivity contribution in [3.63, 3.8) is 0 Å². The van der Waals surface area contributed by atoms with Crippen molar-refractivity contribution in [2.24, 2.45) is 0 Å². The SMILES string of the molecule is O=C(O)C(C(C(=O)O)N(CCO)CCO)N(CCO)CCO. The number of carboxylic acids is 2. The summed E-state index contributed by atoms with van der Waals surface area (Å²) in [6.45, 7) is -2.15. The first kappa shape index (κ1) is 20.7. The van der Waals surface area contributed by atoms with Crippen LogP contribution in [0.1, 0.15) is 0 Å². The molecule has 0 heterocycles. The molecule has 0 radical (unpaired) electrons. The zero-order valence-electron chi connectivity index (χ0n) is 12.2. The van der Waals surface area contributed by atoms with Crippen LogP contribution in [0.2, 0.25) is 0 Å². The lowest BCUT2D eigenvalue weighted by Crippen LogP contribution is -2.61. The largest absolute Gasteiger partial charge is 0.480 e. The van der Waals surface area contributed by atoms with Crippen LogP contribution < -0.4 is 0 Å². The van der Waals surface area contributed by atoms with Gasteiger partial charge in [-0.25, -0.2) is 0 Å². The maximum absolute atomic E-state index is 11.5. The summed E-state index contributed by atoms with van der Waals surface area (Å²) in [5.74, 6) is -2.87. The molecular formula is C12H24N2O8. The summed E-state index contributed by atoms with van der Waals surface area (Å²) in [6.07, 6.45) is 0. The number of hydrogen-bond acceptors (Lipinski definition) is 8. The van der Waals surface area contributed by atoms with Gasteiger partial charge in [0, 0.05) is 26.2 Å². The van der Waals surface area contributed by atoms with Crippen molar-refractivity contribution in [2.45, 2.75) is 12.1 Å². The number of hydrogen-bond donors (Lipinski definition) is 6. The Kier molecular flexibility index (Phi) is 10.6. The van der Waals surface area contributed by atoms with Gasteiger partial charge in [-0.3, -0.25) is 19.4 Å². The number of aliphatic hydroxyl groups excluding tert-OH is 4. The fourth-order valence-corrected chi connectivity index (χ4v) is 2.28. The highest BCUT2D eigenvalue weighted by Crippen LogP contribution is 2.13. The van der Waals surface area contributed by atoms with Gasteiger partial charge in [0.1, 0.15) is 12.1 Å². The first-order chi connectivity index (χ1) is 10.4. The third-order valence-corrected chi connectivity index (χ3v) is 3.14. The van der Waals surface area contributed by atoms with Gasteiger partial charge in [0.15, 0.2) is 0 Å². The number of carbonyl (C=O) groups is 2. The van der Waals surface area contributed by atoms with Crippen LogP contribution in [0, 0.1) is 0 Å². The molecule has 0 bridgehead atoms. The monoisotopic (exact) mass is 324 g/mol. The molecule has 0 aliphatic carbocycles. The molecule has 0 fully saturated rings. The van der Waals surface area contributed by atoms with Gasteiger partial charge in [-0.1, -0.05) is 0 Å². The number of rotatable bonds is 13. The quantitative estimate of drug-likeness (QED) is 0.200. The van der Waals surface area contributed by atoms with Gasteiger partial charge in [-0.05, 0) is 0 Å². The van der Waals surface area contributed by atoms with Crippen molar-refractivity contribution in [3.8, 4) is 0 Å². The third kappa shape index (κ3) is 6.22. The first-order valence-electron chi connectivity index (χ1n) is 6.81. The standard InChI is InChI=1S/C12H24N2O8/c15-5-1-13(2-6-16)9(11(19)20)10(12(21)22)14(3-7-17)4-8-18/h9-10,15-18H,1-8H2,(H,19,20)(H,21,22). The molecule has 0 aliphatic rings. The van der Waals surface area contributed by atoms with Crippen molar-refractivity contribution < 1.29 is 40.2 Å². The fourth-order valence-electron chi connectivity index (χ4n) is 2.28. The van der Waals surface area contributed by atoms with Crippen LogP contribution in [0.25, 0.3) is 0 Å². The second-order valence-electron chi connectivity index (χ2n) is 4.53. The summed E-state index contributed by atoms with van der Waals surface area (Å²) >= 11 is 0. The Bertz CT molecular complexity index is 297. The predicted molar refractivity (Wildman–Crippen MR) is 74.3 cm³/mol. The lowest BCUT2D eigenvalue weighted by Gasteiger charge is -2.37. The Morgan fingerprint density at radius 2 is 0.864 bits per heavy atom. The summed E-state index contributed by atoms with van der Waals surface area (Å²) in [4.78, 5) is 25.3. The summed E-state index contributed by atoms with van der Waals surface area (Å²) in [7, 11) is 0. The van der Waals surface area contributed by atoms with E-state index in [1.165, 1.54) is 0 Å². The van der Waals surface area contributed by atoms with Crippen LogP contribution in [-0.2, 0) is 9.59 Å². The van der Waals surface area contributed by atoms with E-state index in [1.54, 1.807) is 0 Å². The van der Waals surface area contributed by atoms with Gasteiger partial charge in [0.2, 0.25) is 0 Å². The lowest BCUT2D eigenvalue weighted by molar-refractivity contribution is -0.158. The molecule has 6 N–H and O–H groups in total. The summed E-state index contributed by atoms with van der Waals surface area (Å²) in [5.41, 5.74) is 0. The molecule has 10 nitrogen and oxygen atoms in total. The van der Waals surface area contributed by atoms with Gasteiger partial charge >= 0.3 is 11.9 Å². The Balaban J connectivity index is 5.55. The summed E-state index contributed by atoms with van der Waals surface area (Å²) in [5, 5.41) is 54.8. The van der Waals surface area contributed by atoms with Crippen LogP contribution >= 0.6 is 0 Å². The highest BCUT2D eigenvalue weighted by molar-refractivity contribution is 5.85. The molecule has 130 valence electrons. The van der Waals surface area contributed by atoms with Crippen molar-refractivity contribution in [3.05, 3.63) is 0 Å². The molecule has 0 aromatic rings. The smallest absolute Gasteiger partial charge is 0.323 e. The van der Waals surface area contributed by atoms with Crippen LogP contribution in [0.3, 0.4) is 0 Å². The highest BCUT2D eigenvalue weighted by Gasteiger charge is 2.41. The molecule has 0 saturated carbocycles. The molecule has 0 saturated heterocycles. The number of aliphatic hydroxyl groups is 4. The molecule has 0 aromatic carbocycles. The van der Waals surface area contributed by atoms with Gasteiger partial charge in [0.25, 0.3) is 0 Å². The Morgan fingerprint density at radius 1 is 0.636 bits per heavy atom. The average Bonchev–Trinajstić information content (AvgIpc) is 2.43. The van der Waals surface area contributed by atoms with E-state index in [-0.39, 0.29) is 26.2 Å². The van der Waals surface area contributed by atoms with Crippen molar-refractivity contribution in [2.75, 3.05) is 52.6 Å². The van der Waals surface area contributed by atoms with Crippen LogP contribution in [0.4, 0.5) is 0 Å². The maximum atomic E-state index is 11.5. The van der Waals surface area contributed by atoms with E-state index < -0.39 is 50.4 Å². The molecule has 10 heteroatoms. The molecule has 0 aliphatic heterocycles. The highest BCUT2D eigenvalue weighted by atomic mass is 16.4. The number of aliphatic carboxylic acids is 2. The minimum atomic E-state index is -1.55. The fraction of sp³-hybridized carbons (Fsp3) is 0.833. The minimum Gasteiger partial charge on any atom is -0.480 e. The molecule has 0 rings (SSSR count). The molecule has 0 spiro atoms. The average molecular weight is 324 g/mol. The van der Waals surface area contributed by atoms with Gasteiger partial charge in [0.05, 0.1) is 26.4 Å². The summed E-state index contributed by atoms with van der Waals surface area (Å²) in [6, 6.07) is -3.09. The zero-order chi connectivity index (χ0) is 17.1. The van der Waals surface area contributed by atoms with E-state index in [1.807, 2.05) is 0 Å². The van der Waals surface area contributed by atoms with E-state index >= 15 is 0 Å². The van der Waals surface area contributed by atoms with Crippen LogP contribution in [0.15, 0.2) is 0 Å². The second-order valence-corrected chi connectivity index (χ2v) is 4.53. The summed E-state index contributed by atoms with van der Waals surface area (Å²) < 4.78 is 0. The van der Waals surface area contributed by atoms with E-state index in [2.05, 4.69) is 0 Å². The topological polar surface area (TPSA) is 162 Å². The van der Waals surface area contributed by atoms with Gasteiger partial charge in [-0.2, -0.15) is 0 Å². The van der Waals surface area contributed by atoms with Gasteiger partial charge in [-0.15, -0.1) is 0 Å². The molecule has 2 unspecified atom stereocenters. The predicted octanol–water partition coefficient (Wildman–Crippen LogP) is -3.53. The molecule has 0 amide bonds. The van der Waals surface area contributed by atoms with Crippen molar-refractivity contribution in [1.29, 1.82) is 0 Å². The van der Waals surface area contributed by atoms with E-state index in [9.17, 15) is 19.8 Å². The first-order valence-corrected chi connectivity index (χ1v) is 6.81. The van der Waals surface area contributed by atoms with E-state index in [4.69, 9.17) is 20.4 Å². The second kappa shape index (κ2) is 11.3. The Hall–Kier alpha value is -1.30. The molecule has 0 aromatic heterocycles. The van der Waals surface area contributed by atoms with Crippen molar-refractivity contribution >= 4 is 11.9 Å². The lowest BCUT2D eigenvalue weighted by atomic mass is 10.0. The molecule has 22 heavy (non-hydrogen) atoms. The maximum Gasteiger partial charge on any atom is 0.323 e. The van der Waals surface area contributed by atoms with Crippen LogP contribution in [-0.4, -0.2) is 117 Å². The zero-order valence-corrected chi connectivity index (χ0v) is 12.2. The normalized spacial score (nSPS) is 14.3. The molecule has 2 atom stereocenters. The Morgan fingerprint density at radius 3 is 1.00 bits per heavy atom. The number of nitrogens with zero attached hydrogens (tertiary/aromatic N) is 2. The van der Waals surface area contributed by atoms with E-state index in [0.717, 1.165) is 9.80 Å².